The summed E-state index contributed by atoms with van der Waals surface area (Å²) in [5, 5.41) is 0. The predicted molar refractivity (Wildman–Crippen MR) is 50.1 cm³/mol. The summed E-state index contributed by atoms with van der Waals surface area (Å²) in [6.45, 7) is 0.733. The van der Waals surface area contributed by atoms with Crippen LogP contribution in [0.5, 0.6) is 0 Å². The smallest absolute Gasteiger partial charge is 0.363 e. The lowest BCUT2D eigenvalue weighted by Gasteiger charge is -2.45. The maximum Gasteiger partial charge on any atom is 0.449 e. The van der Waals surface area contributed by atoms with Crippen LogP contribution in [0.2, 0.25) is 0 Å². The predicted octanol–water partition coefficient (Wildman–Crippen LogP) is 0.0844. The number of hydrogen-bond acceptors (Lipinski definition) is 5. The lowest BCUT2D eigenvalue weighted by atomic mass is 9.93. The van der Waals surface area contributed by atoms with E-state index in [2.05, 4.69) is 4.18 Å². The number of fused-ring (bicyclic) bond motifs is 1. The molecule has 0 spiro atoms. The van der Waals surface area contributed by atoms with Gasteiger partial charge in [0.15, 0.2) is 0 Å². The van der Waals surface area contributed by atoms with E-state index in [1.165, 1.54) is 0 Å². The molecule has 15 heavy (non-hydrogen) atoms. The van der Waals surface area contributed by atoms with Crippen LogP contribution in [0, 0.1) is 0 Å². The van der Waals surface area contributed by atoms with Crippen LogP contribution in [0.4, 0.5) is 0 Å². The van der Waals surface area contributed by atoms with Crippen LogP contribution in [-0.2, 0) is 19.4 Å². The van der Waals surface area contributed by atoms with Gasteiger partial charge in [0, 0.05) is 12.6 Å². The van der Waals surface area contributed by atoms with Gasteiger partial charge in [-0.1, -0.05) is 6.08 Å². The lowest BCUT2D eigenvalue weighted by Crippen LogP contribution is -2.50. The molecule has 1 unspecified atom stereocenters. The Balaban J connectivity index is 2.10. The van der Waals surface area contributed by atoms with Gasteiger partial charge < -0.3 is 9.08 Å². The molecule has 0 radical (unpaired) electrons. The van der Waals surface area contributed by atoms with Crippen LogP contribution in [0.15, 0.2) is 11.8 Å². The largest absolute Gasteiger partial charge is 0.449 e. The van der Waals surface area contributed by atoms with E-state index in [1.54, 1.807) is 11.0 Å². The number of carbonyl (C=O) groups is 1. The van der Waals surface area contributed by atoms with Gasteiger partial charge in [-0.25, -0.2) is 4.79 Å². The van der Waals surface area contributed by atoms with Gasteiger partial charge in [0.05, 0.1) is 0 Å². The molecular formula is C8H11NO5S. The molecule has 2 aliphatic heterocycles. The first-order valence-electron chi connectivity index (χ1n) is 4.65. The Morgan fingerprint density at radius 3 is 2.80 bits per heavy atom. The third kappa shape index (κ3) is 2.13. The van der Waals surface area contributed by atoms with E-state index in [0.29, 0.717) is 6.04 Å². The normalized spacial score (nSPS) is 25.0. The Morgan fingerprint density at radius 2 is 2.27 bits per heavy atom. The summed E-state index contributed by atoms with van der Waals surface area (Å²) in [6.07, 6.45) is 4.36. The van der Waals surface area contributed by atoms with Crippen molar-refractivity contribution in [2.24, 2.45) is 0 Å². The fraction of sp³-hybridized carbons (Fsp3) is 0.625. The average Bonchev–Trinajstić information content (AvgIpc) is 2.03. The van der Waals surface area contributed by atoms with Crippen LogP contribution in [0.25, 0.3) is 0 Å². The number of nitrogens with zero attached hydrogens (tertiary/aromatic N) is 1. The van der Waals surface area contributed by atoms with Crippen LogP contribution in [0.1, 0.15) is 19.3 Å². The van der Waals surface area contributed by atoms with Crippen LogP contribution >= 0.6 is 0 Å². The average molecular weight is 233 g/mol. The highest BCUT2D eigenvalue weighted by molar-refractivity contribution is 7.81. The van der Waals surface area contributed by atoms with Crippen molar-refractivity contribution < 1.29 is 21.9 Å². The number of hydrogen-bond donors (Lipinski definition) is 1. The van der Waals surface area contributed by atoms with Crippen LogP contribution in [-0.4, -0.2) is 36.4 Å². The van der Waals surface area contributed by atoms with Gasteiger partial charge in [0.25, 0.3) is 0 Å². The molecule has 0 aromatic rings. The topological polar surface area (TPSA) is 83.9 Å². The first-order chi connectivity index (χ1) is 6.97. The van der Waals surface area contributed by atoms with Gasteiger partial charge in [-0.05, 0) is 19.3 Å². The highest BCUT2D eigenvalue weighted by atomic mass is 32.3. The van der Waals surface area contributed by atoms with Crippen molar-refractivity contribution in [3.8, 4) is 0 Å². The second-order valence-electron chi connectivity index (χ2n) is 3.60. The van der Waals surface area contributed by atoms with E-state index in [4.69, 9.17) is 4.55 Å². The lowest BCUT2D eigenvalue weighted by molar-refractivity contribution is -0.133. The zero-order valence-electron chi connectivity index (χ0n) is 7.92. The standard InChI is InChI=1S/C8H11NO5S/c10-8(14-15(11,12)13)7-3-1-2-6-4-5-9(6)7/h3,6H,1-2,4-5H2,(H,11,12,13). The zero-order chi connectivity index (χ0) is 11.1. The molecule has 0 aromatic heterocycles. The summed E-state index contributed by atoms with van der Waals surface area (Å²) < 4.78 is 33.0. The molecule has 1 saturated heterocycles. The third-order valence-electron chi connectivity index (χ3n) is 2.68. The van der Waals surface area contributed by atoms with Gasteiger partial charge in [0.2, 0.25) is 0 Å². The highest BCUT2D eigenvalue weighted by Crippen LogP contribution is 2.31. The van der Waals surface area contributed by atoms with Crippen LogP contribution < -0.4 is 0 Å². The Kier molecular flexibility index (Phi) is 2.43. The third-order valence-corrected chi connectivity index (χ3v) is 3.04. The number of rotatable bonds is 2. The molecule has 7 heteroatoms. The zero-order valence-corrected chi connectivity index (χ0v) is 8.74. The summed E-state index contributed by atoms with van der Waals surface area (Å²) in [5.41, 5.74) is 0.245. The van der Waals surface area contributed by atoms with Crippen molar-refractivity contribution in [1.82, 2.24) is 4.90 Å². The Bertz CT molecular complexity index is 413. The quantitative estimate of drug-likeness (QED) is 0.680. The molecule has 84 valence electrons. The first kappa shape index (κ1) is 10.4. The molecule has 2 rings (SSSR count). The van der Waals surface area contributed by atoms with Crippen molar-refractivity contribution in [2.75, 3.05) is 6.54 Å². The van der Waals surface area contributed by atoms with E-state index in [9.17, 15) is 13.2 Å². The van der Waals surface area contributed by atoms with Gasteiger partial charge in [-0.15, -0.1) is 0 Å². The van der Waals surface area contributed by atoms with Gasteiger partial charge in [-0.2, -0.15) is 8.42 Å². The first-order valence-corrected chi connectivity index (χ1v) is 6.02. The van der Waals surface area contributed by atoms with Crippen molar-refractivity contribution in [1.29, 1.82) is 0 Å². The van der Waals surface area contributed by atoms with Gasteiger partial charge >= 0.3 is 16.4 Å². The molecule has 1 fully saturated rings. The van der Waals surface area contributed by atoms with Gasteiger partial charge in [-0.3, -0.25) is 4.55 Å². The van der Waals surface area contributed by atoms with E-state index in [0.717, 1.165) is 25.8 Å². The summed E-state index contributed by atoms with van der Waals surface area (Å²) >= 11 is 0. The minimum atomic E-state index is -4.71. The fourth-order valence-electron chi connectivity index (χ4n) is 1.93. The minimum absolute atomic E-state index is 0.245. The SMILES string of the molecule is O=C(OS(=O)(=O)O)C1=CCCC2CCN12. The molecule has 1 N–H and O–H groups in total. The van der Waals surface area contributed by atoms with E-state index in [-0.39, 0.29) is 5.70 Å². The Hall–Kier alpha value is -1.08. The molecule has 0 saturated carbocycles. The fourth-order valence-corrected chi connectivity index (χ4v) is 2.20. The maximum absolute atomic E-state index is 11.3. The minimum Gasteiger partial charge on any atom is -0.363 e. The second kappa shape index (κ2) is 3.49. The molecule has 0 bridgehead atoms. The van der Waals surface area contributed by atoms with E-state index in [1.807, 2.05) is 0 Å². The molecule has 2 aliphatic rings. The highest BCUT2D eigenvalue weighted by Gasteiger charge is 2.36. The second-order valence-corrected chi connectivity index (χ2v) is 4.62. The molecular weight excluding hydrogens is 222 g/mol. The number of carbonyl (C=O) groups excluding carboxylic acids is 1. The maximum atomic E-state index is 11.3. The number of allylic oxidation sites excluding steroid dienone is 1. The summed E-state index contributed by atoms with van der Waals surface area (Å²) in [5.74, 6) is -0.998. The molecule has 0 amide bonds. The summed E-state index contributed by atoms with van der Waals surface area (Å²) in [6, 6.07) is 0.318. The molecule has 2 heterocycles. The van der Waals surface area contributed by atoms with Crippen molar-refractivity contribution in [2.45, 2.75) is 25.3 Å². The van der Waals surface area contributed by atoms with Crippen molar-refractivity contribution in [3.63, 3.8) is 0 Å². The van der Waals surface area contributed by atoms with E-state index >= 15 is 0 Å². The van der Waals surface area contributed by atoms with E-state index < -0.39 is 16.4 Å². The van der Waals surface area contributed by atoms with Gasteiger partial charge in [0.1, 0.15) is 5.70 Å². The molecule has 0 aromatic carbocycles. The van der Waals surface area contributed by atoms with Crippen molar-refractivity contribution >= 4 is 16.4 Å². The summed E-state index contributed by atoms with van der Waals surface area (Å²) in [4.78, 5) is 13.1. The molecule has 1 atom stereocenters. The molecule has 0 aliphatic carbocycles. The van der Waals surface area contributed by atoms with Crippen molar-refractivity contribution in [3.05, 3.63) is 11.8 Å². The summed E-state index contributed by atoms with van der Waals surface area (Å²) in [7, 11) is -4.71. The molecule has 6 nitrogen and oxygen atoms in total. The monoisotopic (exact) mass is 233 g/mol. The Labute approximate surface area is 87.5 Å². The van der Waals surface area contributed by atoms with Crippen LogP contribution in [0.3, 0.4) is 0 Å². The Morgan fingerprint density at radius 1 is 1.53 bits per heavy atom.